The number of carboxylic acid groups (broad SMARTS) is 1. The number of nitrogens with one attached hydrogen (secondary N) is 1. The molecule has 6 nitrogen and oxygen atoms in total. The zero-order chi connectivity index (χ0) is 14.4. The minimum Gasteiger partial charge on any atom is -0.481 e. The van der Waals surface area contributed by atoms with Crippen molar-refractivity contribution in [1.82, 2.24) is 10.5 Å². The van der Waals surface area contributed by atoms with Crippen LogP contribution in [-0.4, -0.2) is 28.7 Å². The van der Waals surface area contributed by atoms with Crippen molar-refractivity contribution in [2.75, 3.05) is 6.54 Å². The molecule has 1 heterocycles. The van der Waals surface area contributed by atoms with E-state index in [9.17, 15) is 9.59 Å². The smallest absolute Gasteiger partial charge is 0.303 e. The maximum absolute atomic E-state index is 11.7. The number of aliphatic carboxylic acids is 1. The first-order valence-electron chi connectivity index (χ1n) is 6.19. The summed E-state index contributed by atoms with van der Waals surface area (Å²) in [5, 5.41) is 14.9. The van der Waals surface area contributed by atoms with Crippen molar-refractivity contribution in [2.24, 2.45) is 0 Å². The Hall–Kier alpha value is -2.63. The topological polar surface area (TPSA) is 92.4 Å². The molecule has 1 aromatic heterocycles. The monoisotopic (exact) mass is 274 g/mol. The van der Waals surface area contributed by atoms with Gasteiger partial charge in [0, 0.05) is 24.6 Å². The van der Waals surface area contributed by atoms with E-state index in [0.29, 0.717) is 12.1 Å². The van der Waals surface area contributed by atoms with E-state index in [1.165, 1.54) is 0 Å². The van der Waals surface area contributed by atoms with E-state index < -0.39 is 11.9 Å². The molecule has 0 bridgehead atoms. The number of carbonyl (C=O) groups is 2. The minimum atomic E-state index is -0.884. The van der Waals surface area contributed by atoms with E-state index in [4.69, 9.17) is 9.63 Å². The summed E-state index contributed by atoms with van der Waals surface area (Å²) < 4.78 is 4.98. The summed E-state index contributed by atoms with van der Waals surface area (Å²) in [6.45, 7) is 0.284. The molecule has 1 amide bonds. The Kier molecular flexibility index (Phi) is 4.49. The van der Waals surface area contributed by atoms with Crippen molar-refractivity contribution in [3.8, 4) is 11.3 Å². The van der Waals surface area contributed by atoms with Crippen LogP contribution in [0.3, 0.4) is 0 Å². The van der Waals surface area contributed by atoms with Crippen LogP contribution in [0.15, 0.2) is 40.9 Å². The summed E-state index contributed by atoms with van der Waals surface area (Å²) in [6.07, 6.45) is 0.396. The van der Waals surface area contributed by atoms with Gasteiger partial charge in [-0.25, -0.2) is 0 Å². The van der Waals surface area contributed by atoms with Crippen LogP contribution < -0.4 is 5.32 Å². The predicted octanol–water partition coefficient (Wildman–Crippen LogP) is 1.94. The average Bonchev–Trinajstić information content (AvgIpc) is 2.94. The first kappa shape index (κ1) is 13.8. The largest absolute Gasteiger partial charge is 0.481 e. The molecule has 0 saturated heterocycles. The van der Waals surface area contributed by atoms with Gasteiger partial charge < -0.3 is 14.9 Å². The zero-order valence-electron chi connectivity index (χ0n) is 10.7. The molecule has 0 atom stereocenters. The SMILES string of the molecule is O=C(O)CCCNC(=O)c1cc(-c2ccccc2)no1. The quantitative estimate of drug-likeness (QED) is 0.785. The highest BCUT2D eigenvalue weighted by molar-refractivity contribution is 5.92. The van der Waals surface area contributed by atoms with Gasteiger partial charge in [-0.2, -0.15) is 0 Å². The lowest BCUT2D eigenvalue weighted by Gasteiger charge is -1.99. The Morgan fingerprint density at radius 2 is 2.00 bits per heavy atom. The maximum Gasteiger partial charge on any atom is 0.303 e. The molecule has 6 heteroatoms. The summed E-state index contributed by atoms with van der Waals surface area (Å²) in [5.74, 6) is -1.17. The Bertz CT molecular complexity index is 592. The van der Waals surface area contributed by atoms with E-state index in [1.54, 1.807) is 6.07 Å². The third kappa shape index (κ3) is 3.68. The molecule has 2 aromatic rings. The maximum atomic E-state index is 11.7. The van der Waals surface area contributed by atoms with Crippen molar-refractivity contribution in [3.05, 3.63) is 42.2 Å². The molecule has 20 heavy (non-hydrogen) atoms. The molecule has 2 N–H and O–H groups in total. The van der Waals surface area contributed by atoms with Crippen LogP contribution in [0.5, 0.6) is 0 Å². The van der Waals surface area contributed by atoms with Gasteiger partial charge in [-0.15, -0.1) is 0 Å². The van der Waals surface area contributed by atoms with Crippen LogP contribution in [0.1, 0.15) is 23.4 Å². The molecule has 0 radical (unpaired) electrons. The third-order valence-electron chi connectivity index (χ3n) is 2.66. The number of hydrogen-bond donors (Lipinski definition) is 2. The van der Waals surface area contributed by atoms with E-state index in [0.717, 1.165) is 5.56 Å². The lowest BCUT2D eigenvalue weighted by molar-refractivity contribution is -0.137. The van der Waals surface area contributed by atoms with Gasteiger partial charge in [0.25, 0.3) is 5.91 Å². The fourth-order valence-electron chi connectivity index (χ4n) is 1.66. The fraction of sp³-hybridized carbons (Fsp3) is 0.214. The van der Waals surface area contributed by atoms with Crippen molar-refractivity contribution in [2.45, 2.75) is 12.8 Å². The molecule has 0 unspecified atom stereocenters. The number of rotatable bonds is 6. The van der Waals surface area contributed by atoms with Gasteiger partial charge in [0.15, 0.2) is 0 Å². The number of amides is 1. The summed E-state index contributed by atoms with van der Waals surface area (Å²) in [6, 6.07) is 10.9. The molecule has 1 aromatic carbocycles. The van der Waals surface area contributed by atoms with Crippen LogP contribution in [0.4, 0.5) is 0 Å². The average molecular weight is 274 g/mol. The number of benzene rings is 1. The van der Waals surface area contributed by atoms with Gasteiger partial charge in [-0.3, -0.25) is 9.59 Å². The number of carbonyl (C=O) groups excluding carboxylic acids is 1. The molecule has 0 saturated carbocycles. The highest BCUT2D eigenvalue weighted by Gasteiger charge is 2.13. The van der Waals surface area contributed by atoms with Gasteiger partial charge in [0.1, 0.15) is 5.69 Å². The van der Waals surface area contributed by atoms with Gasteiger partial charge >= 0.3 is 5.97 Å². The lowest BCUT2D eigenvalue weighted by atomic mass is 10.1. The lowest BCUT2D eigenvalue weighted by Crippen LogP contribution is -2.24. The minimum absolute atomic E-state index is 0.0198. The van der Waals surface area contributed by atoms with E-state index in [-0.39, 0.29) is 18.7 Å². The summed E-state index contributed by atoms with van der Waals surface area (Å²) in [7, 11) is 0. The number of aromatic nitrogens is 1. The van der Waals surface area contributed by atoms with E-state index in [1.807, 2.05) is 30.3 Å². The van der Waals surface area contributed by atoms with Crippen molar-refractivity contribution < 1.29 is 19.2 Å². The summed E-state index contributed by atoms with van der Waals surface area (Å²) >= 11 is 0. The molecule has 2 rings (SSSR count). The van der Waals surface area contributed by atoms with E-state index in [2.05, 4.69) is 10.5 Å². The zero-order valence-corrected chi connectivity index (χ0v) is 10.7. The molecule has 0 aliphatic carbocycles. The number of hydrogen-bond acceptors (Lipinski definition) is 4. The molecular formula is C14H14N2O4. The fourth-order valence-corrected chi connectivity index (χ4v) is 1.66. The second-order valence-corrected chi connectivity index (χ2v) is 4.20. The first-order chi connectivity index (χ1) is 9.66. The third-order valence-corrected chi connectivity index (χ3v) is 2.66. The van der Waals surface area contributed by atoms with Gasteiger partial charge in [0.2, 0.25) is 5.76 Å². The highest BCUT2D eigenvalue weighted by Crippen LogP contribution is 2.18. The van der Waals surface area contributed by atoms with Crippen LogP contribution >= 0.6 is 0 Å². The normalized spacial score (nSPS) is 10.2. The summed E-state index contributed by atoms with van der Waals surface area (Å²) in [4.78, 5) is 22.1. The standard InChI is InChI=1S/C14H14N2O4/c17-13(18)7-4-8-15-14(19)12-9-11(16-20-12)10-5-2-1-3-6-10/h1-3,5-6,9H,4,7-8H2,(H,15,19)(H,17,18). The highest BCUT2D eigenvalue weighted by atomic mass is 16.5. The van der Waals surface area contributed by atoms with Gasteiger partial charge in [0.05, 0.1) is 0 Å². The van der Waals surface area contributed by atoms with Crippen LogP contribution in [0, 0.1) is 0 Å². The predicted molar refractivity (Wildman–Crippen MR) is 71.1 cm³/mol. The molecule has 104 valence electrons. The van der Waals surface area contributed by atoms with Crippen molar-refractivity contribution >= 4 is 11.9 Å². The number of carboxylic acids is 1. The molecular weight excluding hydrogens is 260 g/mol. The Labute approximate surface area is 115 Å². The van der Waals surface area contributed by atoms with E-state index >= 15 is 0 Å². The van der Waals surface area contributed by atoms with Crippen LogP contribution in [0.2, 0.25) is 0 Å². The Balaban J connectivity index is 1.92. The second kappa shape index (κ2) is 6.51. The van der Waals surface area contributed by atoms with Gasteiger partial charge in [-0.05, 0) is 6.42 Å². The second-order valence-electron chi connectivity index (χ2n) is 4.20. The first-order valence-corrected chi connectivity index (χ1v) is 6.19. The Morgan fingerprint density at radius 1 is 1.25 bits per heavy atom. The molecule has 0 spiro atoms. The summed E-state index contributed by atoms with van der Waals surface area (Å²) in [5.41, 5.74) is 1.45. The van der Waals surface area contributed by atoms with Gasteiger partial charge in [-0.1, -0.05) is 35.5 Å². The Morgan fingerprint density at radius 3 is 2.70 bits per heavy atom. The van der Waals surface area contributed by atoms with Crippen LogP contribution in [-0.2, 0) is 4.79 Å². The molecule has 0 fully saturated rings. The molecule has 0 aliphatic rings. The van der Waals surface area contributed by atoms with Crippen molar-refractivity contribution in [1.29, 1.82) is 0 Å². The molecule has 0 aliphatic heterocycles. The number of nitrogens with zero attached hydrogens (tertiary/aromatic N) is 1. The van der Waals surface area contributed by atoms with Crippen LogP contribution in [0.25, 0.3) is 11.3 Å². The van der Waals surface area contributed by atoms with Crippen molar-refractivity contribution in [3.63, 3.8) is 0 Å².